The van der Waals surface area contributed by atoms with Crippen LogP contribution in [0.25, 0.3) is 60.9 Å². The molecule has 7 rings (SSSR count). The molecular weight excluding hydrogens is 892 g/mol. The van der Waals surface area contributed by atoms with Crippen LogP contribution in [0.4, 0.5) is 4.39 Å². The van der Waals surface area contributed by atoms with Crippen molar-refractivity contribution in [2.75, 3.05) is 6.61 Å². The Morgan fingerprint density at radius 3 is 1.76 bits per heavy atom. The van der Waals surface area contributed by atoms with Crippen molar-refractivity contribution >= 4 is 104 Å². The van der Waals surface area contributed by atoms with Crippen molar-refractivity contribution < 1.29 is 13.9 Å². The van der Waals surface area contributed by atoms with E-state index < -0.39 is 11.8 Å². The first-order valence-electron chi connectivity index (χ1n) is 23.9. The number of hydrogen-bond acceptors (Lipinski definition) is 8. The van der Waals surface area contributed by atoms with Crippen molar-refractivity contribution in [3.05, 3.63) is 66.6 Å². The summed E-state index contributed by atoms with van der Waals surface area (Å²) in [5.74, 6) is 0.872. The zero-order chi connectivity index (χ0) is 45.0. The Labute approximate surface area is 401 Å². The highest BCUT2D eigenvalue weighted by Crippen LogP contribution is 2.57. The summed E-state index contributed by atoms with van der Waals surface area (Å²) in [4.78, 5) is 23.9. The van der Waals surface area contributed by atoms with E-state index in [2.05, 4.69) is 106 Å². The van der Waals surface area contributed by atoms with Crippen molar-refractivity contribution in [2.24, 2.45) is 11.8 Å². The summed E-state index contributed by atoms with van der Waals surface area (Å²) in [6.07, 6.45) is 16.3. The van der Waals surface area contributed by atoms with Crippen molar-refractivity contribution in [3.8, 4) is 30.6 Å². The summed E-state index contributed by atoms with van der Waals surface area (Å²) >= 11 is 10.8. The van der Waals surface area contributed by atoms with Crippen molar-refractivity contribution in [1.29, 1.82) is 0 Å². The van der Waals surface area contributed by atoms with Gasteiger partial charge in [0, 0.05) is 70.8 Å². The maximum absolute atomic E-state index is 16.8. The van der Waals surface area contributed by atoms with E-state index in [1.807, 2.05) is 45.3 Å². The molecule has 340 valence electrons. The molecule has 9 heteroatoms. The lowest BCUT2D eigenvalue weighted by Crippen LogP contribution is -2.10. The lowest BCUT2D eigenvalue weighted by atomic mass is 9.92. The van der Waals surface area contributed by atoms with Crippen molar-refractivity contribution in [1.82, 2.24) is 0 Å². The summed E-state index contributed by atoms with van der Waals surface area (Å²) < 4.78 is 26.0. The van der Waals surface area contributed by atoms with Crippen LogP contribution in [0.5, 0.6) is 0 Å². The highest BCUT2D eigenvalue weighted by Gasteiger charge is 2.33. The number of unbranched alkanes of at least 4 members (excludes halogenated alkanes) is 5. The van der Waals surface area contributed by atoms with Gasteiger partial charge in [-0.2, -0.15) is 0 Å². The molecule has 0 amide bonds. The molecule has 0 spiro atoms. The zero-order valence-electron chi connectivity index (χ0n) is 39.4. The van der Waals surface area contributed by atoms with Gasteiger partial charge < -0.3 is 4.74 Å². The summed E-state index contributed by atoms with van der Waals surface area (Å²) in [7, 11) is 0. The van der Waals surface area contributed by atoms with E-state index in [9.17, 15) is 4.79 Å². The van der Waals surface area contributed by atoms with Gasteiger partial charge in [-0.15, -0.1) is 68.0 Å². The first kappa shape index (κ1) is 48.5. The maximum atomic E-state index is 16.8. The summed E-state index contributed by atoms with van der Waals surface area (Å²) in [5, 5.41) is 3.24. The monoisotopic (exact) mass is 960 g/mol. The summed E-state index contributed by atoms with van der Waals surface area (Å²) in [6.45, 7) is 22.9. The standard InChI is InChI=1S/C54H69FO2S6/c1-11-16-19-20-27-57-53(56)51-46(55)45-50(62-51)49(63-52(45)54(8,9)10)42-31-38-44(40-26-24-36(59-40)29-34(15-5)22-18-13-3)47-37(30-41(60-47)32(6)7)43(48(38)61-42)39-25-23-35(58-39)28-33(14-4)21-17-12-2/h23-26,30-34H,11-22,27-29H2,1-10H3. The van der Waals surface area contributed by atoms with E-state index in [1.165, 1.54) is 118 Å². The van der Waals surface area contributed by atoms with Crippen molar-refractivity contribution in [2.45, 2.75) is 170 Å². The quantitative estimate of drug-likeness (QED) is 0.0500. The third kappa shape index (κ3) is 10.6. The van der Waals surface area contributed by atoms with Crippen LogP contribution in [0.1, 0.15) is 181 Å². The third-order valence-corrected chi connectivity index (χ3v) is 20.7. The second kappa shape index (κ2) is 21.5. The number of esters is 1. The molecular formula is C54H69FO2S6. The molecule has 0 aliphatic heterocycles. The molecule has 2 unspecified atom stereocenters. The molecule has 1 aromatic carbocycles. The highest BCUT2D eigenvalue weighted by molar-refractivity contribution is 7.32. The minimum Gasteiger partial charge on any atom is -0.461 e. The van der Waals surface area contributed by atoms with Crippen molar-refractivity contribution in [3.63, 3.8) is 0 Å². The van der Waals surface area contributed by atoms with Gasteiger partial charge in [-0.3, -0.25) is 0 Å². The second-order valence-corrected chi connectivity index (χ2v) is 25.6. The Morgan fingerprint density at radius 2 is 1.22 bits per heavy atom. The van der Waals surface area contributed by atoms with Crippen LogP contribution in [0.2, 0.25) is 0 Å². The lowest BCUT2D eigenvalue weighted by molar-refractivity contribution is 0.0499. The van der Waals surface area contributed by atoms with Crippen LogP contribution in [0.15, 0.2) is 36.4 Å². The number of benzene rings is 1. The average Bonchev–Trinajstić information content (AvgIpc) is 4.12. The zero-order valence-corrected chi connectivity index (χ0v) is 44.3. The summed E-state index contributed by atoms with van der Waals surface area (Å²) in [5.41, 5.74) is 2.38. The fraction of sp³-hybridized carbons (Fsp3) is 0.537. The van der Waals surface area contributed by atoms with Crippen LogP contribution in [-0.2, 0) is 23.0 Å². The first-order chi connectivity index (χ1) is 30.3. The van der Waals surface area contributed by atoms with E-state index in [0.29, 0.717) is 29.7 Å². The second-order valence-electron chi connectivity index (χ2n) is 19.1. The molecule has 0 radical (unpaired) electrons. The van der Waals surface area contributed by atoms with Gasteiger partial charge in [0.1, 0.15) is 4.88 Å². The molecule has 0 N–H and O–H groups in total. The van der Waals surface area contributed by atoms with Gasteiger partial charge in [0.15, 0.2) is 5.82 Å². The molecule has 0 aliphatic carbocycles. The minimum absolute atomic E-state index is 0.102. The molecule has 0 saturated heterocycles. The van der Waals surface area contributed by atoms with Gasteiger partial charge in [-0.1, -0.05) is 140 Å². The molecule has 63 heavy (non-hydrogen) atoms. The van der Waals surface area contributed by atoms with E-state index in [4.69, 9.17) is 4.74 Å². The molecule has 0 bridgehead atoms. The molecule has 6 heterocycles. The molecule has 0 saturated carbocycles. The van der Waals surface area contributed by atoms with E-state index >= 15 is 4.39 Å². The van der Waals surface area contributed by atoms with Gasteiger partial charge in [-0.25, -0.2) is 9.18 Å². The van der Waals surface area contributed by atoms with Crippen LogP contribution < -0.4 is 0 Å². The average molecular weight is 962 g/mol. The SMILES string of the molecule is CCCCCCOC(=O)c1sc2c(-c3cc4c(-c5ccc(CC(CC)CCCC)s5)c5sc(C(C)C)cc5c(-c5ccc(CC(CC)CCCC)s5)c4s3)sc(C(C)(C)C)c2c1F. The number of fused-ring (bicyclic) bond motifs is 3. The number of carbonyl (C=O) groups is 1. The fourth-order valence-electron chi connectivity index (χ4n) is 8.93. The van der Waals surface area contributed by atoms with Gasteiger partial charge in [0.2, 0.25) is 0 Å². The first-order valence-corrected chi connectivity index (χ1v) is 28.8. The number of rotatable bonds is 22. The number of hydrogen-bond donors (Lipinski definition) is 0. The Kier molecular flexibility index (Phi) is 16.6. The fourth-order valence-corrected chi connectivity index (χ4v) is 16.7. The molecule has 0 fully saturated rings. The highest BCUT2D eigenvalue weighted by atomic mass is 32.1. The van der Waals surface area contributed by atoms with Gasteiger partial charge >= 0.3 is 5.97 Å². The molecule has 0 aliphatic rings. The number of halogens is 1. The topological polar surface area (TPSA) is 26.3 Å². The van der Waals surface area contributed by atoms with Crippen LogP contribution in [-0.4, -0.2) is 12.6 Å². The van der Waals surface area contributed by atoms with Gasteiger partial charge in [0.25, 0.3) is 0 Å². The van der Waals surface area contributed by atoms with Crippen LogP contribution in [0.3, 0.4) is 0 Å². The van der Waals surface area contributed by atoms with Crippen LogP contribution >= 0.6 is 68.0 Å². The Morgan fingerprint density at radius 1 is 0.651 bits per heavy atom. The van der Waals surface area contributed by atoms with E-state index in [1.54, 1.807) is 11.3 Å². The molecule has 2 atom stereocenters. The van der Waals surface area contributed by atoms with Crippen LogP contribution in [0, 0.1) is 17.7 Å². The Hall–Kier alpha value is -2.40. The predicted octanol–water partition coefficient (Wildman–Crippen LogP) is 20.3. The lowest BCUT2D eigenvalue weighted by Gasteiger charge is -2.16. The predicted molar refractivity (Wildman–Crippen MR) is 284 cm³/mol. The molecule has 2 nitrogen and oxygen atoms in total. The maximum Gasteiger partial charge on any atom is 0.351 e. The van der Waals surface area contributed by atoms with E-state index in [-0.39, 0.29) is 10.3 Å². The van der Waals surface area contributed by atoms with Gasteiger partial charge in [0.05, 0.1) is 16.2 Å². The smallest absolute Gasteiger partial charge is 0.351 e. The minimum atomic E-state index is -0.537. The molecule has 6 aromatic heterocycles. The third-order valence-electron chi connectivity index (χ3n) is 12.7. The normalized spacial score (nSPS) is 13.4. The number of carbonyl (C=O) groups excluding carboxylic acids is 1. The number of thiophene rings is 6. The summed E-state index contributed by atoms with van der Waals surface area (Å²) in [6, 6.07) is 14.5. The largest absolute Gasteiger partial charge is 0.461 e. The Balaban J connectivity index is 1.44. The Bertz CT molecular complexity index is 2500. The number of ether oxygens (including phenoxy) is 1. The van der Waals surface area contributed by atoms with E-state index in [0.717, 1.165) is 57.9 Å². The van der Waals surface area contributed by atoms with Gasteiger partial charge in [-0.05, 0) is 78.8 Å². The molecule has 7 aromatic rings.